The van der Waals surface area contributed by atoms with Gasteiger partial charge < -0.3 is 13.9 Å². The maximum absolute atomic E-state index is 6.65. The van der Waals surface area contributed by atoms with Crippen LogP contribution in [-0.2, 0) is 0 Å². The molecule has 12 rings (SSSR count). The Hall–Kier alpha value is -7.47. The number of anilines is 3. The molecule has 0 saturated heterocycles. The first-order valence-electron chi connectivity index (χ1n) is 19.5. The van der Waals surface area contributed by atoms with Gasteiger partial charge in [-0.3, -0.25) is 0 Å². The van der Waals surface area contributed by atoms with Crippen molar-refractivity contribution in [3.63, 3.8) is 0 Å². The topological polar surface area (TPSA) is 34.2 Å². The number of hydrogen-bond donors (Lipinski definition) is 0. The van der Waals surface area contributed by atoms with Crippen LogP contribution in [0, 0.1) is 0 Å². The van der Waals surface area contributed by atoms with Gasteiger partial charge in [-0.25, -0.2) is 4.98 Å². The van der Waals surface area contributed by atoms with Gasteiger partial charge in [0.15, 0.2) is 5.58 Å². The van der Waals surface area contributed by atoms with E-state index in [0.717, 1.165) is 45.0 Å². The van der Waals surface area contributed by atoms with Crippen LogP contribution in [0.3, 0.4) is 0 Å². The van der Waals surface area contributed by atoms with E-state index in [1.165, 1.54) is 58.3 Å². The average Bonchev–Trinajstić information content (AvgIpc) is 4.00. The summed E-state index contributed by atoms with van der Waals surface area (Å²) >= 11 is 1.83. The molecule has 0 amide bonds. The fourth-order valence-corrected chi connectivity index (χ4v) is 9.93. The highest BCUT2D eigenvalue weighted by Gasteiger charge is 2.23. The van der Waals surface area contributed by atoms with Gasteiger partial charge in [0.1, 0.15) is 5.52 Å². The number of oxazole rings is 1. The van der Waals surface area contributed by atoms with Crippen molar-refractivity contribution in [3.05, 3.63) is 200 Å². The van der Waals surface area contributed by atoms with Crippen LogP contribution in [0.4, 0.5) is 17.1 Å². The highest BCUT2D eigenvalue weighted by Crippen LogP contribution is 2.46. The van der Waals surface area contributed by atoms with E-state index in [9.17, 15) is 0 Å². The van der Waals surface area contributed by atoms with E-state index in [0.29, 0.717) is 5.89 Å². The van der Waals surface area contributed by atoms with Crippen LogP contribution >= 0.6 is 11.3 Å². The molecule has 0 radical (unpaired) electrons. The monoisotopic (exact) mass is 759 g/mol. The second kappa shape index (κ2) is 13.1. The van der Waals surface area contributed by atoms with Crippen molar-refractivity contribution in [3.8, 4) is 28.3 Å². The third-order valence-electron chi connectivity index (χ3n) is 11.4. The summed E-state index contributed by atoms with van der Waals surface area (Å²) in [5.41, 5.74) is 11.4. The molecule has 58 heavy (non-hydrogen) atoms. The lowest BCUT2D eigenvalue weighted by Crippen LogP contribution is -2.10. The van der Waals surface area contributed by atoms with Crippen molar-refractivity contribution in [2.75, 3.05) is 4.90 Å². The molecule has 12 aromatic rings. The van der Waals surface area contributed by atoms with Crippen LogP contribution < -0.4 is 4.90 Å². The van der Waals surface area contributed by atoms with E-state index in [-0.39, 0.29) is 0 Å². The number of nitrogens with zero attached hydrogens (tertiary/aromatic N) is 3. The Bertz CT molecular complexity index is 3510. The Kier molecular flexibility index (Phi) is 7.37. The molecular formula is C53H33N3OS. The molecule has 3 aromatic heterocycles. The van der Waals surface area contributed by atoms with Crippen molar-refractivity contribution in [2.45, 2.75) is 0 Å². The first-order valence-corrected chi connectivity index (χ1v) is 20.4. The molecule has 0 unspecified atom stereocenters. The van der Waals surface area contributed by atoms with Crippen LogP contribution in [0.1, 0.15) is 0 Å². The van der Waals surface area contributed by atoms with Gasteiger partial charge in [0, 0.05) is 59.0 Å². The lowest BCUT2D eigenvalue weighted by molar-refractivity contribution is 0.620. The molecular weight excluding hydrogens is 727 g/mol. The third-order valence-corrected chi connectivity index (χ3v) is 12.5. The van der Waals surface area contributed by atoms with E-state index >= 15 is 0 Å². The van der Waals surface area contributed by atoms with E-state index in [4.69, 9.17) is 9.40 Å². The van der Waals surface area contributed by atoms with Gasteiger partial charge in [-0.1, -0.05) is 121 Å². The fourth-order valence-electron chi connectivity index (χ4n) is 8.79. The first kappa shape index (κ1) is 32.7. The molecule has 0 atom stereocenters. The zero-order valence-corrected chi connectivity index (χ0v) is 32.0. The van der Waals surface area contributed by atoms with Crippen LogP contribution in [0.25, 0.3) is 92.1 Å². The molecule has 9 aromatic carbocycles. The van der Waals surface area contributed by atoms with Crippen LogP contribution in [-0.4, -0.2) is 9.55 Å². The Morgan fingerprint density at radius 2 is 1.19 bits per heavy atom. The number of thiophene rings is 1. The zero-order chi connectivity index (χ0) is 38.2. The summed E-state index contributed by atoms with van der Waals surface area (Å²) in [5.74, 6) is 0.605. The molecule has 0 aliphatic carbocycles. The predicted octanol–water partition coefficient (Wildman–Crippen LogP) is 15.2. The summed E-state index contributed by atoms with van der Waals surface area (Å²) in [7, 11) is 0. The lowest BCUT2D eigenvalue weighted by atomic mass is 9.95. The fraction of sp³-hybridized carbons (Fsp3) is 0. The molecule has 0 bridgehead atoms. The summed E-state index contributed by atoms with van der Waals surface area (Å²) in [6.45, 7) is 0. The number of benzene rings is 9. The molecule has 0 fully saturated rings. The molecule has 5 heteroatoms. The molecule has 0 N–H and O–H groups in total. The second-order valence-electron chi connectivity index (χ2n) is 14.7. The predicted molar refractivity (Wildman–Crippen MR) is 244 cm³/mol. The number of para-hydroxylation sites is 3. The Balaban J connectivity index is 1.07. The van der Waals surface area contributed by atoms with E-state index in [1.54, 1.807) is 0 Å². The summed E-state index contributed by atoms with van der Waals surface area (Å²) in [4.78, 5) is 7.27. The molecule has 3 heterocycles. The summed E-state index contributed by atoms with van der Waals surface area (Å²) in [6, 6.07) is 71.5. The summed E-state index contributed by atoms with van der Waals surface area (Å²) in [5, 5.41) is 7.46. The van der Waals surface area contributed by atoms with Crippen molar-refractivity contribution in [1.82, 2.24) is 9.55 Å². The average molecular weight is 760 g/mol. The number of fused-ring (bicyclic) bond motifs is 9. The molecule has 4 nitrogen and oxygen atoms in total. The highest BCUT2D eigenvalue weighted by molar-refractivity contribution is 7.25. The van der Waals surface area contributed by atoms with Gasteiger partial charge >= 0.3 is 0 Å². The van der Waals surface area contributed by atoms with Crippen molar-refractivity contribution < 1.29 is 4.42 Å². The van der Waals surface area contributed by atoms with Crippen molar-refractivity contribution >= 4 is 92.2 Å². The Morgan fingerprint density at radius 3 is 2.03 bits per heavy atom. The summed E-state index contributed by atoms with van der Waals surface area (Å²) in [6.07, 6.45) is 0. The first-order chi connectivity index (χ1) is 28.8. The molecule has 272 valence electrons. The SMILES string of the molecule is c1ccc(-c2nc3cccc(N(c4ccc(-c5cc6ccccc6c6c5c5ccccc5n6-c5ccccc5)cc4)c4ccc5c(c4)sc4ccccc45)c3o2)cc1. The van der Waals surface area contributed by atoms with Crippen molar-refractivity contribution in [1.29, 1.82) is 0 Å². The quantitative estimate of drug-likeness (QED) is 0.169. The number of aromatic nitrogens is 2. The Labute approximate surface area is 338 Å². The molecule has 0 aliphatic heterocycles. The molecule has 0 spiro atoms. The number of rotatable bonds is 6. The van der Waals surface area contributed by atoms with Crippen LogP contribution in [0.5, 0.6) is 0 Å². The smallest absolute Gasteiger partial charge is 0.227 e. The van der Waals surface area contributed by atoms with Gasteiger partial charge in [-0.2, -0.15) is 0 Å². The third kappa shape index (κ3) is 5.11. The van der Waals surface area contributed by atoms with Gasteiger partial charge in [0.25, 0.3) is 0 Å². The van der Waals surface area contributed by atoms with E-state index < -0.39 is 0 Å². The number of hydrogen-bond acceptors (Lipinski definition) is 4. The minimum Gasteiger partial charge on any atom is -0.434 e. The maximum Gasteiger partial charge on any atom is 0.227 e. The van der Waals surface area contributed by atoms with Crippen molar-refractivity contribution in [2.24, 2.45) is 0 Å². The molecule has 0 saturated carbocycles. The highest BCUT2D eigenvalue weighted by atomic mass is 32.1. The second-order valence-corrected chi connectivity index (χ2v) is 15.8. The normalized spacial score (nSPS) is 11.8. The van der Waals surface area contributed by atoms with Gasteiger partial charge in [-0.05, 0) is 95.4 Å². The maximum atomic E-state index is 6.65. The molecule has 0 aliphatic rings. The minimum atomic E-state index is 0.605. The van der Waals surface area contributed by atoms with Crippen LogP contribution in [0.15, 0.2) is 205 Å². The van der Waals surface area contributed by atoms with Gasteiger partial charge in [0.2, 0.25) is 5.89 Å². The zero-order valence-electron chi connectivity index (χ0n) is 31.2. The summed E-state index contributed by atoms with van der Waals surface area (Å²) < 4.78 is 11.6. The van der Waals surface area contributed by atoms with E-state index in [1.807, 2.05) is 47.7 Å². The van der Waals surface area contributed by atoms with E-state index in [2.05, 4.69) is 173 Å². The Morgan fingerprint density at radius 1 is 0.500 bits per heavy atom. The van der Waals surface area contributed by atoms with Gasteiger partial charge in [0.05, 0.1) is 16.7 Å². The largest absolute Gasteiger partial charge is 0.434 e. The van der Waals surface area contributed by atoms with Crippen LogP contribution in [0.2, 0.25) is 0 Å². The standard InChI is InChI=1S/C53H33N3OS/c1-3-14-35(15-4-1)53-54-45-22-13-24-47(52(45)57-53)55(39-30-31-42-41-20-10-12-25-48(41)58-49(42)33-39)38-28-26-34(27-29-38)44-32-36-16-7-8-19-40(36)51-50(44)43-21-9-11-23-46(43)56(51)37-17-5-2-6-18-37/h1-33H. The minimum absolute atomic E-state index is 0.605. The lowest BCUT2D eigenvalue weighted by Gasteiger charge is -2.25. The van der Waals surface area contributed by atoms with Gasteiger partial charge in [-0.15, -0.1) is 11.3 Å².